The van der Waals surface area contributed by atoms with Crippen LogP contribution < -0.4 is 4.90 Å². The minimum absolute atomic E-state index is 0.293. The van der Waals surface area contributed by atoms with Crippen LogP contribution in [0, 0.1) is 11.7 Å². The maximum Gasteiger partial charge on any atom is 0.490 e. The number of carbonyl (C=O) groups is 1. The highest BCUT2D eigenvalue weighted by Gasteiger charge is 2.67. The van der Waals surface area contributed by atoms with Gasteiger partial charge in [0.2, 0.25) is 0 Å². The second-order valence-corrected chi connectivity index (χ2v) is 7.46. The zero-order valence-corrected chi connectivity index (χ0v) is 16.6. The first-order valence-corrected chi connectivity index (χ1v) is 9.16. The molecule has 3 rings (SSSR count). The molecule has 2 aliphatic heterocycles. The highest BCUT2D eigenvalue weighted by atomic mass is 19.4. The van der Waals surface area contributed by atoms with E-state index in [-0.39, 0.29) is 5.82 Å². The summed E-state index contributed by atoms with van der Waals surface area (Å²) in [6.45, 7) is 1.60. The highest BCUT2D eigenvalue weighted by molar-refractivity contribution is 5.73. The molecule has 0 aromatic heterocycles. The third-order valence-electron chi connectivity index (χ3n) is 5.03. The smallest absolute Gasteiger partial charge is 0.475 e. The van der Waals surface area contributed by atoms with Crippen LogP contribution in [0.15, 0.2) is 28.4 Å². The summed E-state index contributed by atoms with van der Waals surface area (Å²) in [5.74, 6) is -3.63. The molecule has 0 spiro atoms. The number of nitrogens with zero attached hydrogens (tertiary/aromatic N) is 4. The molecule has 31 heavy (non-hydrogen) atoms. The fourth-order valence-electron chi connectivity index (χ4n) is 3.33. The minimum atomic E-state index is -5.08. The van der Waals surface area contributed by atoms with Gasteiger partial charge >= 0.3 is 18.3 Å². The maximum atomic E-state index is 14.0. The fraction of sp³-hybridized carbons (Fsp3) is 0.611. The molecule has 0 atom stereocenters. The largest absolute Gasteiger partial charge is 0.490 e. The normalized spacial score (nSPS) is 18.9. The number of piperidine rings is 1. The van der Waals surface area contributed by atoms with Crippen LogP contribution in [0.1, 0.15) is 18.4 Å². The summed E-state index contributed by atoms with van der Waals surface area (Å²) in [5, 5.41) is 13.7. The Bertz CT molecular complexity index is 810. The van der Waals surface area contributed by atoms with E-state index in [4.69, 9.17) is 9.90 Å². The van der Waals surface area contributed by atoms with Crippen molar-refractivity contribution in [2.45, 2.75) is 37.4 Å². The third kappa shape index (κ3) is 6.05. The number of rotatable bonds is 4. The van der Waals surface area contributed by atoms with Crippen molar-refractivity contribution in [1.82, 2.24) is 4.90 Å². The molecule has 174 valence electrons. The van der Waals surface area contributed by atoms with Crippen LogP contribution in [-0.2, 0) is 11.3 Å². The molecule has 0 aliphatic carbocycles. The Hall–Kier alpha value is -2.44. The van der Waals surface area contributed by atoms with Gasteiger partial charge in [0.05, 0.1) is 5.69 Å². The van der Waals surface area contributed by atoms with Gasteiger partial charge in [0.1, 0.15) is 5.82 Å². The van der Waals surface area contributed by atoms with Gasteiger partial charge in [-0.1, -0.05) is 6.07 Å². The minimum Gasteiger partial charge on any atom is -0.475 e. The Morgan fingerprint density at radius 2 is 1.68 bits per heavy atom. The summed E-state index contributed by atoms with van der Waals surface area (Å²) in [7, 11) is 3.54. The molecule has 1 saturated heterocycles. The third-order valence-corrected chi connectivity index (χ3v) is 5.03. The lowest BCUT2D eigenvalue weighted by Crippen LogP contribution is -2.45. The van der Waals surface area contributed by atoms with Gasteiger partial charge in [-0.25, -0.2) is 9.18 Å². The van der Waals surface area contributed by atoms with Crippen LogP contribution in [0.3, 0.4) is 0 Å². The number of carboxylic acid groups (broad SMARTS) is 1. The molecule has 1 fully saturated rings. The molecule has 0 bridgehead atoms. The zero-order chi connectivity index (χ0) is 23.6. The molecule has 0 radical (unpaired) electrons. The van der Waals surface area contributed by atoms with Gasteiger partial charge in [0.25, 0.3) is 5.66 Å². The SMILES string of the molecule is CN(C)c1ccc(CN2CCC(C3(C(F)(F)F)N=N3)CC2)cc1F.O=C(O)C(F)(F)F. The molecule has 1 N–H and O–H groups in total. The average Bonchev–Trinajstić information content (AvgIpc) is 3.44. The second kappa shape index (κ2) is 8.97. The molecule has 0 saturated carbocycles. The summed E-state index contributed by atoms with van der Waals surface area (Å²) < 4.78 is 84.8. The summed E-state index contributed by atoms with van der Waals surface area (Å²) in [6, 6.07) is 5.06. The predicted molar refractivity (Wildman–Crippen MR) is 96.1 cm³/mol. The second-order valence-electron chi connectivity index (χ2n) is 7.46. The van der Waals surface area contributed by atoms with Crippen molar-refractivity contribution in [1.29, 1.82) is 0 Å². The van der Waals surface area contributed by atoms with E-state index in [0.717, 1.165) is 5.56 Å². The Kier molecular flexibility index (Phi) is 7.18. The van der Waals surface area contributed by atoms with Crippen LogP contribution in [0.2, 0.25) is 0 Å². The van der Waals surface area contributed by atoms with E-state index in [1.165, 1.54) is 6.07 Å². The molecule has 2 aliphatic rings. The molecule has 1 aromatic carbocycles. The quantitative estimate of drug-likeness (QED) is 0.677. The molecular weight excluding hydrogens is 437 g/mol. The Morgan fingerprint density at radius 3 is 2.03 bits per heavy atom. The number of aliphatic carboxylic acids is 1. The van der Waals surface area contributed by atoms with E-state index in [0.29, 0.717) is 38.2 Å². The van der Waals surface area contributed by atoms with Gasteiger partial charge in [0, 0.05) is 26.6 Å². The lowest BCUT2D eigenvalue weighted by atomic mass is 9.86. The van der Waals surface area contributed by atoms with E-state index in [1.807, 2.05) is 11.0 Å². The first-order chi connectivity index (χ1) is 14.2. The van der Waals surface area contributed by atoms with Crippen LogP contribution in [-0.4, -0.2) is 61.2 Å². The van der Waals surface area contributed by atoms with Crippen LogP contribution in [0.4, 0.5) is 36.4 Å². The van der Waals surface area contributed by atoms with E-state index >= 15 is 0 Å². The van der Waals surface area contributed by atoms with Crippen molar-refractivity contribution >= 4 is 11.7 Å². The average molecular weight is 458 g/mol. The first kappa shape index (κ1) is 24.8. The van der Waals surface area contributed by atoms with Gasteiger partial charge in [-0.05, 0) is 43.6 Å². The number of hydrogen-bond acceptors (Lipinski definition) is 5. The predicted octanol–water partition coefficient (Wildman–Crippen LogP) is 4.46. The molecular formula is C18H21F7N4O2. The van der Waals surface area contributed by atoms with Crippen molar-refractivity contribution in [3.05, 3.63) is 29.6 Å². The summed E-state index contributed by atoms with van der Waals surface area (Å²) >= 11 is 0. The number of likely N-dealkylation sites (tertiary alicyclic amines) is 1. The van der Waals surface area contributed by atoms with Gasteiger partial charge in [0.15, 0.2) is 0 Å². The number of hydrogen-bond donors (Lipinski definition) is 1. The number of carboxylic acids is 1. The van der Waals surface area contributed by atoms with Crippen molar-refractivity contribution in [2.24, 2.45) is 16.1 Å². The van der Waals surface area contributed by atoms with Gasteiger partial charge in [-0.15, -0.1) is 10.2 Å². The first-order valence-electron chi connectivity index (χ1n) is 9.16. The van der Waals surface area contributed by atoms with E-state index in [2.05, 4.69) is 10.2 Å². The Morgan fingerprint density at radius 1 is 1.16 bits per heavy atom. The zero-order valence-electron chi connectivity index (χ0n) is 16.6. The maximum absolute atomic E-state index is 14.0. The van der Waals surface area contributed by atoms with Crippen LogP contribution in [0.5, 0.6) is 0 Å². The van der Waals surface area contributed by atoms with Gasteiger partial charge in [-0.2, -0.15) is 26.3 Å². The molecule has 13 heteroatoms. The highest BCUT2D eigenvalue weighted by Crippen LogP contribution is 2.52. The van der Waals surface area contributed by atoms with Crippen LogP contribution >= 0.6 is 0 Å². The lowest BCUT2D eigenvalue weighted by Gasteiger charge is -2.34. The molecule has 0 unspecified atom stereocenters. The monoisotopic (exact) mass is 458 g/mol. The molecule has 0 amide bonds. The summed E-state index contributed by atoms with van der Waals surface area (Å²) in [5.41, 5.74) is -0.817. The van der Waals surface area contributed by atoms with Crippen molar-refractivity contribution in [3.8, 4) is 0 Å². The van der Waals surface area contributed by atoms with Gasteiger partial charge in [-0.3, -0.25) is 4.90 Å². The molecule has 1 aromatic rings. The number of halogens is 7. The Balaban J connectivity index is 0.000000423. The molecule has 2 heterocycles. The standard InChI is InChI=1S/C16H20F4N4.C2HF3O2/c1-23(2)14-4-3-11(9-13(14)17)10-24-7-5-12(6-8-24)15(21-22-15)16(18,19)20;3-2(4,5)1(6)7/h3-4,9,12H,5-8,10H2,1-2H3;(H,6,7). The topological polar surface area (TPSA) is 68.5 Å². The summed E-state index contributed by atoms with van der Waals surface area (Å²) in [6.07, 6.45) is -8.69. The lowest BCUT2D eigenvalue weighted by molar-refractivity contribution is -0.192. The van der Waals surface area contributed by atoms with Gasteiger partial charge < -0.3 is 10.0 Å². The van der Waals surface area contributed by atoms with E-state index in [1.54, 1.807) is 25.1 Å². The van der Waals surface area contributed by atoms with E-state index < -0.39 is 29.9 Å². The number of alkyl halides is 6. The van der Waals surface area contributed by atoms with Crippen molar-refractivity contribution < 1.29 is 40.6 Å². The summed E-state index contributed by atoms with van der Waals surface area (Å²) in [4.78, 5) is 12.6. The van der Waals surface area contributed by atoms with Crippen molar-refractivity contribution in [3.63, 3.8) is 0 Å². The number of anilines is 1. The fourth-order valence-corrected chi connectivity index (χ4v) is 3.33. The van der Waals surface area contributed by atoms with Crippen molar-refractivity contribution in [2.75, 3.05) is 32.1 Å². The van der Waals surface area contributed by atoms with E-state index in [9.17, 15) is 30.7 Å². The number of benzene rings is 1. The van der Waals surface area contributed by atoms with Crippen LogP contribution in [0.25, 0.3) is 0 Å². The molecule has 6 nitrogen and oxygen atoms in total. The Labute approximate surface area is 173 Å².